The second-order valence-electron chi connectivity index (χ2n) is 5.75. The molecular formula is C15H24N2O2S. The standard InChI is InChI=1S/C15H24N2O2S/c1-4-15(3)6-8-17(9-7-15)14-16-12(11-20-14)10-13(18)19-5-2/h11H,4-10H2,1-3H3. The summed E-state index contributed by atoms with van der Waals surface area (Å²) in [6.45, 7) is 9.03. The maximum atomic E-state index is 11.5. The summed E-state index contributed by atoms with van der Waals surface area (Å²) in [5, 5.41) is 3.02. The molecule has 112 valence electrons. The molecule has 0 atom stereocenters. The number of nitrogens with zero attached hydrogens (tertiary/aromatic N) is 2. The van der Waals surface area contributed by atoms with Gasteiger partial charge < -0.3 is 9.64 Å². The molecule has 1 aliphatic heterocycles. The Morgan fingerprint density at radius 3 is 2.75 bits per heavy atom. The van der Waals surface area contributed by atoms with E-state index in [0.29, 0.717) is 12.0 Å². The fourth-order valence-electron chi connectivity index (χ4n) is 2.47. The van der Waals surface area contributed by atoms with Crippen molar-refractivity contribution in [3.05, 3.63) is 11.1 Å². The number of esters is 1. The maximum Gasteiger partial charge on any atom is 0.311 e. The Kier molecular flexibility index (Phi) is 5.02. The van der Waals surface area contributed by atoms with E-state index in [1.54, 1.807) is 11.3 Å². The lowest BCUT2D eigenvalue weighted by Crippen LogP contribution is -2.38. The molecule has 1 aromatic heterocycles. The van der Waals surface area contributed by atoms with Crippen molar-refractivity contribution in [2.45, 2.75) is 46.5 Å². The molecule has 0 bridgehead atoms. The van der Waals surface area contributed by atoms with Crippen LogP contribution in [-0.2, 0) is 16.0 Å². The van der Waals surface area contributed by atoms with Crippen LogP contribution < -0.4 is 4.90 Å². The van der Waals surface area contributed by atoms with Gasteiger partial charge in [-0.3, -0.25) is 4.79 Å². The smallest absolute Gasteiger partial charge is 0.311 e. The van der Waals surface area contributed by atoms with E-state index in [1.807, 2.05) is 12.3 Å². The van der Waals surface area contributed by atoms with Gasteiger partial charge in [-0.05, 0) is 25.2 Å². The van der Waals surface area contributed by atoms with Crippen LogP contribution in [0, 0.1) is 5.41 Å². The molecule has 0 N–H and O–H groups in total. The van der Waals surface area contributed by atoms with Gasteiger partial charge in [-0.15, -0.1) is 11.3 Å². The van der Waals surface area contributed by atoms with E-state index in [1.165, 1.54) is 19.3 Å². The van der Waals surface area contributed by atoms with Gasteiger partial charge in [-0.2, -0.15) is 0 Å². The van der Waals surface area contributed by atoms with Gasteiger partial charge in [-0.1, -0.05) is 20.3 Å². The van der Waals surface area contributed by atoms with Crippen molar-refractivity contribution in [3.63, 3.8) is 0 Å². The fourth-order valence-corrected chi connectivity index (χ4v) is 3.35. The molecule has 0 spiro atoms. The van der Waals surface area contributed by atoms with E-state index in [2.05, 4.69) is 23.7 Å². The quantitative estimate of drug-likeness (QED) is 0.782. The second kappa shape index (κ2) is 6.57. The topological polar surface area (TPSA) is 42.4 Å². The van der Waals surface area contributed by atoms with Gasteiger partial charge in [0, 0.05) is 18.5 Å². The molecule has 5 heteroatoms. The lowest BCUT2D eigenvalue weighted by molar-refractivity contribution is -0.142. The Morgan fingerprint density at radius 1 is 1.45 bits per heavy atom. The van der Waals surface area contributed by atoms with E-state index >= 15 is 0 Å². The van der Waals surface area contributed by atoms with Crippen molar-refractivity contribution in [3.8, 4) is 0 Å². The molecule has 0 amide bonds. The molecule has 0 saturated carbocycles. The van der Waals surface area contributed by atoms with Gasteiger partial charge >= 0.3 is 5.97 Å². The summed E-state index contributed by atoms with van der Waals surface area (Å²) >= 11 is 1.63. The number of hydrogen-bond acceptors (Lipinski definition) is 5. The SMILES string of the molecule is CCOC(=O)Cc1csc(N2CCC(C)(CC)CC2)n1. The predicted molar refractivity (Wildman–Crippen MR) is 82.3 cm³/mol. The highest BCUT2D eigenvalue weighted by Gasteiger charge is 2.29. The first kappa shape index (κ1) is 15.3. The van der Waals surface area contributed by atoms with Gasteiger partial charge in [0.15, 0.2) is 5.13 Å². The third-order valence-corrected chi connectivity index (χ3v) is 5.22. The van der Waals surface area contributed by atoms with Crippen molar-refractivity contribution in [1.29, 1.82) is 0 Å². The molecule has 0 aliphatic carbocycles. The predicted octanol–water partition coefficient (Wildman–Crippen LogP) is 3.27. The average Bonchev–Trinajstić information content (AvgIpc) is 2.88. The van der Waals surface area contributed by atoms with Crippen molar-refractivity contribution in [1.82, 2.24) is 4.98 Å². The Balaban J connectivity index is 1.91. The molecule has 1 fully saturated rings. The first-order valence-electron chi connectivity index (χ1n) is 7.41. The highest BCUT2D eigenvalue weighted by Crippen LogP contribution is 2.36. The third-order valence-electron chi connectivity index (χ3n) is 4.27. The van der Waals surface area contributed by atoms with E-state index in [-0.39, 0.29) is 12.4 Å². The minimum absolute atomic E-state index is 0.193. The molecule has 1 saturated heterocycles. The van der Waals surface area contributed by atoms with Crippen LogP contribution in [0.2, 0.25) is 0 Å². The summed E-state index contributed by atoms with van der Waals surface area (Å²) in [6.07, 6.45) is 3.96. The summed E-state index contributed by atoms with van der Waals surface area (Å²) in [7, 11) is 0. The minimum Gasteiger partial charge on any atom is -0.466 e. The number of hydrogen-bond donors (Lipinski definition) is 0. The Labute approximate surface area is 125 Å². The van der Waals surface area contributed by atoms with Gasteiger partial charge in [0.2, 0.25) is 0 Å². The van der Waals surface area contributed by atoms with Gasteiger partial charge in [0.1, 0.15) is 0 Å². The Hall–Kier alpha value is -1.10. The lowest BCUT2D eigenvalue weighted by Gasteiger charge is -2.38. The van der Waals surface area contributed by atoms with Crippen LogP contribution in [0.4, 0.5) is 5.13 Å². The van der Waals surface area contributed by atoms with E-state index in [0.717, 1.165) is 23.9 Å². The molecule has 1 aromatic rings. The second-order valence-corrected chi connectivity index (χ2v) is 6.59. The molecule has 2 rings (SSSR count). The highest BCUT2D eigenvalue weighted by molar-refractivity contribution is 7.13. The number of carbonyl (C=O) groups excluding carboxylic acids is 1. The Morgan fingerprint density at radius 2 is 2.15 bits per heavy atom. The summed E-state index contributed by atoms with van der Waals surface area (Å²) in [6, 6.07) is 0. The monoisotopic (exact) mass is 296 g/mol. The highest BCUT2D eigenvalue weighted by atomic mass is 32.1. The largest absolute Gasteiger partial charge is 0.466 e. The average molecular weight is 296 g/mol. The van der Waals surface area contributed by atoms with Crippen LogP contribution in [0.25, 0.3) is 0 Å². The van der Waals surface area contributed by atoms with Crippen molar-refractivity contribution in [2.75, 3.05) is 24.6 Å². The first-order chi connectivity index (χ1) is 9.56. The number of aromatic nitrogens is 1. The molecule has 2 heterocycles. The first-order valence-corrected chi connectivity index (χ1v) is 8.29. The molecule has 20 heavy (non-hydrogen) atoms. The molecule has 0 aromatic carbocycles. The molecule has 0 unspecified atom stereocenters. The van der Waals surface area contributed by atoms with Gasteiger partial charge in [-0.25, -0.2) is 4.98 Å². The van der Waals surface area contributed by atoms with E-state index in [9.17, 15) is 4.79 Å². The zero-order valence-electron chi connectivity index (χ0n) is 12.6. The summed E-state index contributed by atoms with van der Waals surface area (Å²) in [4.78, 5) is 18.4. The third kappa shape index (κ3) is 3.72. The maximum absolute atomic E-state index is 11.5. The summed E-state index contributed by atoms with van der Waals surface area (Å²) in [5.74, 6) is -0.193. The number of piperidine rings is 1. The summed E-state index contributed by atoms with van der Waals surface area (Å²) < 4.78 is 4.95. The van der Waals surface area contributed by atoms with E-state index < -0.39 is 0 Å². The fraction of sp³-hybridized carbons (Fsp3) is 0.733. The van der Waals surface area contributed by atoms with Crippen LogP contribution in [0.3, 0.4) is 0 Å². The lowest BCUT2D eigenvalue weighted by atomic mass is 9.78. The van der Waals surface area contributed by atoms with Crippen LogP contribution in [0.5, 0.6) is 0 Å². The Bertz CT molecular complexity index is 450. The van der Waals surface area contributed by atoms with Crippen LogP contribution in [-0.4, -0.2) is 30.6 Å². The molecule has 1 aliphatic rings. The zero-order valence-corrected chi connectivity index (χ0v) is 13.5. The van der Waals surface area contributed by atoms with Crippen LogP contribution in [0.15, 0.2) is 5.38 Å². The van der Waals surface area contributed by atoms with Gasteiger partial charge in [0.05, 0.1) is 18.7 Å². The number of rotatable bonds is 5. The van der Waals surface area contributed by atoms with Gasteiger partial charge in [0.25, 0.3) is 0 Å². The van der Waals surface area contributed by atoms with E-state index in [4.69, 9.17) is 4.74 Å². The number of carbonyl (C=O) groups is 1. The molecule has 4 nitrogen and oxygen atoms in total. The van der Waals surface area contributed by atoms with Crippen molar-refractivity contribution < 1.29 is 9.53 Å². The molecule has 0 radical (unpaired) electrons. The van der Waals surface area contributed by atoms with Crippen LogP contribution >= 0.6 is 11.3 Å². The summed E-state index contributed by atoms with van der Waals surface area (Å²) in [5.41, 5.74) is 1.31. The number of ether oxygens (including phenoxy) is 1. The minimum atomic E-state index is -0.193. The van der Waals surface area contributed by atoms with Crippen molar-refractivity contribution in [2.24, 2.45) is 5.41 Å². The zero-order chi connectivity index (χ0) is 14.6. The molecular weight excluding hydrogens is 272 g/mol. The number of anilines is 1. The normalized spacial score (nSPS) is 18.1. The van der Waals surface area contributed by atoms with Crippen LogP contribution in [0.1, 0.15) is 45.7 Å². The van der Waals surface area contributed by atoms with Crippen molar-refractivity contribution >= 4 is 22.4 Å². The number of thiazole rings is 1.